The van der Waals surface area contributed by atoms with Crippen molar-refractivity contribution in [2.24, 2.45) is 5.41 Å². The number of aryl methyl sites for hydroxylation is 1. The number of anilines is 1. The molecule has 0 radical (unpaired) electrons. The minimum absolute atomic E-state index is 0.160. The van der Waals surface area contributed by atoms with Gasteiger partial charge in [-0.2, -0.15) is 0 Å². The molecule has 1 unspecified atom stereocenters. The zero-order chi connectivity index (χ0) is 13.2. The van der Waals surface area contributed by atoms with Crippen LogP contribution in [-0.4, -0.2) is 37.4 Å². The van der Waals surface area contributed by atoms with Crippen molar-refractivity contribution in [3.63, 3.8) is 0 Å². The van der Waals surface area contributed by atoms with Crippen molar-refractivity contribution in [1.82, 2.24) is 5.32 Å². The van der Waals surface area contributed by atoms with E-state index >= 15 is 0 Å². The molecule has 1 aliphatic heterocycles. The number of aliphatic hydroxyl groups excluding tert-OH is 1. The van der Waals surface area contributed by atoms with Gasteiger partial charge in [0.25, 0.3) is 0 Å². The van der Waals surface area contributed by atoms with Crippen LogP contribution in [0.2, 0.25) is 0 Å². The number of benzene rings is 1. The molecule has 0 saturated carbocycles. The molecule has 0 aliphatic carbocycles. The van der Waals surface area contributed by atoms with E-state index in [2.05, 4.69) is 55.3 Å². The van der Waals surface area contributed by atoms with Gasteiger partial charge in [0.05, 0.1) is 6.61 Å². The fourth-order valence-electron chi connectivity index (χ4n) is 2.46. The molecule has 0 aromatic heterocycles. The smallest absolute Gasteiger partial charge is 0.0601 e. The predicted molar refractivity (Wildman–Crippen MR) is 76.0 cm³/mol. The van der Waals surface area contributed by atoms with Gasteiger partial charge in [0, 0.05) is 31.4 Å². The Morgan fingerprint density at radius 1 is 1.33 bits per heavy atom. The van der Waals surface area contributed by atoms with Crippen LogP contribution in [0.25, 0.3) is 0 Å². The van der Waals surface area contributed by atoms with E-state index in [0.29, 0.717) is 0 Å². The Bertz CT molecular complexity index is 386. The average molecular weight is 248 g/mol. The van der Waals surface area contributed by atoms with Crippen LogP contribution in [0.15, 0.2) is 24.3 Å². The minimum Gasteiger partial charge on any atom is -0.395 e. The molecule has 1 atom stereocenters. The zero-order valence-corrected chi connectivity index (χ0v) is 11.6. The number of nitrogens with zero attached hydrogens (tertiary/aromatic N) is 1. The van der Waals surface area contributed by atoms with Crippen molar-refractivity contribution >= 4 is 5.69 Å². The van der Waals surface area contributed by atoms with Gasteiger partial charge >= 0.3 is 0 Å². The van der Waals surface area contributed by atoms with E-state index in [1.807, 2.05) is 0 Å². The Kier molecular flexibility index (Phi) is 3.93. The lowest BCUT2D eigenvalue weighted by Gasteiger charge is -2.31. The van der Waals surface area contributed by atoms with Gasteiger partial charge in [0.15, 0.2) is 0 Å². The quantitative estimate of drug-likeness (QED) is 0.837. The third kappa shape index (κ3) is 3.24. The van der Waals surface area contributed by atoms with E-state index in [4.69, 9.17) is 0 Å². The molecule has 0 amide bonds. The molecule has 3 heteroatoms. The molecule has 1 heterocycles. The summed E-state index contributed by atoms with van der Waals surface area (Å²) in [6, 6.07) is 8.80. The monoisotopic (exact) mass is 248 g/mol. The summed E-state index contributed by atoms with van der Waals surface area (Å²) < 4.78 is 0. The highest BCUT2D eigenvalue weighted by atomic mass is 16.3. The molecule has 1 aliphatic rings. The first kappa shape index (κ1) is 13.4. The van der Waals surface area contributed by atoms with Crippen molar-refractivity contribution in [3.8, 4) is 0 Å². The summed E-state index contributed by atoms with van der Waals surface area (Å²) in [6.45, 7) is 9.65. The fourth-order valence-corrected chi connectivity index (χ4v) is 2.46. The molecule has 1 fully saturated rings. The van der Waals surface area contributed by atoms with E-state index in [-0.39, 0.29) is 18.1 Å². The highest BCUT2D eigenvalue weighted by Gasteiger charge is 2.28. The summed E-state index contributed by atoms with van der Waals surface area (Å²) in [5.41, 5.74) is 2.75. The Balaban J connectivity index is 2.20. The van der Waals surface area contributed by atoms with Crippen LogP contribution in [-0.2, 0) is 0 Å². The molecular formula is C15H24N2O. The second kappa shape index (κ2) is 5.29. The highest BCUT2D eigenvalue weighted by Crippen LogP contribution is 2.24. The zero-order valence-electron chi connectivity index (χ0n) is 11.6. The SMILES string of the molecule is Cc1ccc(N2CC(CO)NCC(C)(C)C2)cc1. The van der Waals surface area contributed by atoms with Crippen molar-refractivity contribution in [2.75, 3.05) is 31.1 Å². The second-order valence-corrected chi connectivity index (χ2v) is 6.14. The Morgan fingerprint density at radius 2 is 2.00 bits per heavy atom. The van der Waals surface area contributed by atoms with Crippen molar-refractivity contribution < 1.29 is 5.11 Å². The predicted octanol–water partition coefficient (Wildman–Crippen LogP) is 1.79. The Labute approximate surface area is 110 Å². The summed E-state index contributed by atoms with van der Waals surface area (Å²) in [5, 5.41) is 12.8. The molecule has 1 aromatic carbocycles. The first-order valence-electron chi connectivity index (χ1n) is 6.66. The standard InChI is InChI=1S/C15H24N2O/c1-12-4-6-14(7-5-12)17-8-13(9-18)16-10-15(2,3)11-17/h4-7,13,16,18H,8-11H2,1-3H3. The lowest BCUT2D eigenvalue weighted by Crippen LogP contribution is -2.40. The first-order chi connectivity index (χ1) is 8.50. The van der Waals surface area contributed by atoms with Gasteiger partial charge in [0.1, 0.15) is 0 Å². The van der Waals surface area contributed by atoms with Gasteiger partial charge in [-0.05, 0) is 24.5 Å². The maximum absolute atomic E-state index is 9.41. The first-order valence-corrected chi connectivity index (χ1v) is 6.66. The largest absolute Gasteiger partial charge is 0.395 e. The van der Waals surface area contributed by atoms with Crippen LogP contribution in [0.3, 0.4) is 0 Å². The Hall–Kier alpha value is -1.06. The molecule has 1 aromatic rings. The fraction of sp³-hybridized carbons (Fsp3) is 0.600. The molecule has 100 valence electrons. The summed E-state index contributed by atoms with van der Waals surface area (Å²) in [5.74, 6) is 0. The maximum atomic E-state index is 9.41. The molecule has 0 bridgehead atoms. The van der Waals surface area contributed by atoms with Crippen LogP contribution in [0.1, 0.15) is 19.4 Å². The lowest BCUT2D eigenvalue weighted by atomic mass is 9.93. The molecule has 2 rings (SSSR count). The van der Waals surface area contributed by atoms with Gasteiger partial charge in [-0.1, -0.05) is 31.5 Å². The number of hydrogen-bond donors (Lipinski definition) is 2. The van der Waals surface area contributed by atoms with Crippen molar-refractivity contribution in [3.05, 3.63) is 29.8 Å². The van der Waals surface area contributed by atoms with Crippen molar-refractivity contribution in [2.45, 2.75) is 26.8 Å². The number of rotatable bonds is 2. The summed E-state index contributed by atoms with van der Waals surface area (Å²) in [4.78, 5) is 2.38. The van der Waals surface area contributed by atoms with Crippen LogP contribution in [0, 0.1) is 12.3 Å². The van der Waals surface area contributed by atoms with Gasteiger partial charge in [-0.15, -0.1) is 0 Å². The summed E-state index contributed by atoms with van der Waals surface area (Å²) >= 11 is 0. The summed E-state index contributed by atoms with van der Waals surface area (Å²) in [7, 11) is 0. The maximum Gasteiger partial charge on any atom is 0.0601 e. The third-order valence-corrected chi connectivity index (χ3v) is 3.55. The minimum atomic E-state index is 0.160. The molecule has 0 spiro atoms. The lowest BCUT2D eigenvalue weighted by molar-refractivity contribution is 0.242. The van der Waals surface area contributed by atoms with Gasteiger partial charge in [-0.3, -0.25) is 0 Å². The third-order valence-electron chi connectivity index (χ3n) is 3.55. The van der Waals surface area contributed by atoms with E-state index < -0.39 is 0 Å². The number of nitrogens with one attached hydrogen (secondary N) is 1. The second-order valence-electron chi connectivity index (χ2n) is 6.14. The van der Waals surface area contributed by atoms with E-state index in [9.17, 15) is 5.11 Å². The average Bonchev–Trinajstić information content (AvgIpc) is 2.48. The normalized spacial score (nSPS) is 23.8. The summed E-state index contributed by atoms with van der Waals surface area (Å²) in [6.07, 6.45) is 0. The van der Waals surface area contributed by atoms with E-state index in [1.54, 1.807) is 0 Å². The molecular weight excluding hydrogens is 224 g/mol. The number of hydrogen-bond acceptors (Lipinski definition) is 3. The molecule has 3 nitrogen and oxygen atoms in total. The van der Waals surface area contributed by atoms with Crippen LogP contribution in [0.4, 0.5) is 5.69 Å². The van der Waals surface area contributed by atoms with E-state index in [0.717, 1.165) is 19.6 Å². The van der Waals surface area contributed by atoms with Crippen LogP contribution in [0.5, 0.6) is 0 Å². The highest BCUT2D eigenvalue weighted by molar-refractivity contribution is 5.48. The Morgan fingerprint density at radius 3 is 2.61 bits per heavy atom. The molecule has 18 heavy (non-hydrogen) atoms. The van der Waals surface area contributed by atoms with Crippen LogP contribution >= 0.6 is 0 Å². The van der Waals surface area contributed by atoms with Gasteiger partial charge in [0.2, 0.25) is 0 Å². The van der Waals surface area contributed by atoms with Crippen molar-refractivity contribution in [1.29, 1.82) is 0 Å². The molecule has 2 N–H and O–H groups in total. The topological polar surface area (TPSA) is 35.5 Å². The number of aliphatic hydroxyl groups is 1. The van der Waals surface area contributed by atoms with Crippen LogP contribution < -0.4 is 10.2 Å². The molecule has 1 saturated heterocycles. The van der Waals surface area contributed by atoms with Gasteiger partial charge < -0.3 is 15.3 Å². The van der Waals surface area contributed by atoms with Gasteiger partial charge in [-0.25, -0.2) is 0 Å². The van der Waals surface area contributed by atoms with E-state index in [1.165, 1.54) is 11.3 Å².